The van der Waals surface area contributed by atoms with E-state index in [0.717, 1.165) is 47.8 Å². The lowest BCUT2D eigenvalue weighted by atomic mass is 9.81. The third-order valence-electron chi connectivity index (χ3n) is 7.10. The lowest BCUT2D eigenvalue weighted by Gasteiger charge is -2.48. The number of nitrogens with zero attached hydrogens (tertiary/aromatic N) is 2. The number of hydrogen-bond acceptors (Lipinski definition) is 7. The lowest BCUT2D eigenvalue weighted by molar-refractivity contribution is 0.0177. The van der Waals surface area contributed by atoms with Gasteiger partial charge in [0.05, 0.1) is 38.1 Å². The largest absolute Gasteiger partial charge is 0.493 e. The smallest absolute Gasteiger partial charge is 0.251 e. The van der Waals surface area contributed by atoms with Crippen molar-refractivity contribution in [2.24, 2.45) is 0 Å². The zero-order valence-electron chi connectivity index (χ0n) is 20.2. The maximum atomic E-state index is 13.2. The second-order valence-electron chi connectivity index (χ2n) is 9.19. The number of piperidine rings is 2. The Bertz CT molecular complexity index is 1190. The molecule has 3 atom stereocenters. The van der Waals surface area contributed by atoms with Gasteiger partial charge < -0.3 is 19.5 Å². The van der Waals surface area contributed by atoms with Crippen LogP contribution in [0.15, 0.2) is 30.3 Å². The molecule has 1 amide bonds. The summed E-state index contributed by atoms with van der Waals surface area (Å²) in [6.45, 7) is 0.847. The van der Waals surface area contributed by atoms with Crippen molar-refractivity contribution in [1.82, 2.24) is 15.2 Å². The molecule has 2 saturated heterocycles. The predicted octanol–water partition coefficient (Wildman–Crippen LogP) is 5.29. The van der Waals surface area contributed by atoms with E-state index in [1.54, 1.807) is 44.8 Å². The van der Waals surface area contributed by atoms with Gasteiger partial charge in [-0.25, -0.2) is 4.98 Å². The number of carbonyl (C=O) groups is 1. The fourth-order valence-corrected chi connectivity index (χ4v) is 6.63. The van der Waals surface area contributed by atoms with Crippen molar-refractivity contribution in [2.75, 3.05) is 21.3 Å². The van der Waals surface area contributed by atoms with E-state index >= 15 is 0 Å². The topological polar surface area (TPSA) is 72.9 Å². The van der Waals surface area contributed by atoms with Gasteiger partial charge in [-0.15, -0.1) is 11.3 Å². The van der Waals surface area contributed by atoms with Crippen LogP contribution in [0.25, 0.3) is 10.2 Å². The Labute approximate surface area is 214 Å². The summed E-state index contributed by atoms with van der Waals surface area (Å²) in [7, 11) is 4.65. The molecule has 186 valence electrons. The first kappa shape index (κ1) is 24.2. The summed E-state index contributed by atoms with van der Waals surface area (Å²) in [6, 6.07) is 10.3. The van der Waals surface area contributed by atoms with Gasteiger partial charge in [0.15, 0.2) is 11.5 Å². The lowest BCUT2D eigenvalue weighted by Crippen LogP contribution is -2.56. The Kier molecular flexibility index (Phi) is 7.05. The first-order valence-electron chi connectivity index (χ1n) is 11.9. The highest BCUT2D eigenvalue weighted by Gasteiger charge is 2.39. The van der Waals surface area contributed by atoms with Gasteiger partial charge in [0, 0.05) is 28.7 Å². The van der Waals surface area contributed by atoms with Crippen LogP contribution in [0.2, 0.25) is 5.02 Å². The van der Waals surface area contributed by atoms with E-state index in [-0.39, 0.29) is 11.9 Å². The molecule has 1 N–H and O–H groups in total. The minimum atomic E-state index is -0.121. The van der Waals surface area contributed by atoms with E-state index in [0.29, 0.717) is 34.9 Å². The highest BCUT2D eigenvalue weighted by molar-refractivity contribution is 7.18. The van der Waals surface area contributed by atoms with E-state index in [2.05, 4.69) is 10.2 Å². The molecule has 2 bridgehead atoms. The summed E-state index contributed by atoms with van der Waals surface area (Å²) < 4.78 is 17.4. The van der Waals surface area contributed by atoms with E-state index in [9.17, 15) is 4.79 Å². The van der Waals surface area contributed by atoms with Crippen molar-refractivity contribution in [3.8, 4) is 17.2 Å². The first-order valence-corrected chi connectivity index (χ1v) is 13.1. The van der Waals surface area contributed by atoms with Gasteiger partial charge in [0.1, 0.15) is 5.01 Å². The molecule has 1 aromatic heterocycles. The van der Waals surface area contributed by atoms with Crippen LogP contribution in [0, 0.1) is 0 Å². The highest BCUT2D eigenvalue weighted by Crippen LogP contribution is 2.39. The minimum Gasteiger partial charge on any atom is -0.493 e. The number of halogens is 1. The number of rotatable bonds is 7. The van der Waals surface area contributed by atoms with Crippen LogP contribution in [-0.2, 0) is 6.54 Å². The van der Waals surface area contributed by atoms with Crippen LogP contribution in [0.1, 0.15) is 47.5 Å². The number of aromatic nitrogens is 1. The zero-order valence-corrected chi connectivity index (χ0v) is 21.7. The molecule has 2 aliphatic rings. The van der Waals surface area contributed by atoms with Crippen LogP contribution in [0.5, 0.6) is 17.2 Å². The monoisotopic (exact) mass is 515 g/mol. The van der Waals surface area contributed by atoms with E-state index < -0.39 is 0 Å². The number of carbonyl (C=O) groups excluding carboxylic acids is 1. The molecule has 1 unspecified atom stereocenters. The number of thiazole rings is 1. The Hall–Kier alpha value is -2.55. The third kappa shape index (κ3) is 4.92. The van der Waals surface area contributed by atoms with Crippen molar-refractivity contribution in [1.29, 1.82) is 0 Å². The molecule has 0 saturated carbocycles. The Balaban J connectivity index is 1.29. The Morgan fingerprint density at radius 3 is 2.40 bits per heavy atom. The van der Waals surface area contributed by atoms with Crippen LogP contribution in [-0.4, -0.2) is 55.2 Å². The van der Waals surface area contributed by atoms with Crippen LogP contribution in [0.4, 0.5) is 0 Å². The molecule has 0 spiro atoms. The SMILES string of the molecule is COc1cc(C(=O)NC2C[C@H]3CCC[C@@H](C2)N3Cc2nc3cc(Cl)ccc3s2)cc(OC)c1OC. The van der Waals surface area contributed by atoms with Gasteiger partial charge in [0.2, 0.25) is 5.75 Å². The summed E-state index contributed by atoms with van der Waals surface area (Å²) in [4.78, 5) is 20.6. The van der Waals surface area contributed by atoms with Gasteiger partial charge >= 0.3 is 0 Å². The van der Waals surface area contributed by atoms with Gasteiger partial charge in [-0.1, -0.05) is 18.0 Å². The Morgan fingerprint density at radius 2 is 1.77 bits per heavy atom. The molecule has 5 rings (SSSR count). The molecule has 2 aromatic carbocycles. The van der Waals surface area contributed by atoms with Gasteiger partial charge in [-0.3, -0.25) is 9.69 Å². The van der Waals surface area contributed by atoms with Crippen molar-refractivity contribution < 1.29 is 19.0 Å². The first-order chi connectivity index (χ1) is 17.0. The molecule has 2 fully saturated rings. The molecular formula is C26H30ClN3O4S. The molecule has 7 nitrogen and oxygen atoms in total. The molecule has 3 heterocycles. The van der Waals surface area contributed by atoms with Gasteiger partial charge in [-0.05, 0) is 56.0 Å². The minimum absolute atomic E-state index is 0.121. The third-order valence-corrected chi connectivity index (χ3v) is 8.36. The molecule has 3 aromatic rings. The quantitative estimate of drug-likeness (QED) is 0.461. The fourth-order valence-electron chi connectivity index (χ4n) is 5.51. The normalized spacial score (nSPS) is 22.1. The van der Waals surface area contributed by atoms with Crippen molar-refractivity contribution >= 4 is 39.1 Å². The second kappa shape index (κ2) is 10.2. The standard InChI is InChI=1S/C26H30ClN3O4S/c1-32-21-9-15(10-22(33-2)25(21)34-3)26(31)28-17-12-18-5-4-6-19(13-17)30(18)14-24-29-20-11-16(27)7-8-23(20)35-24/h7-11,17-19H,4-6,12-14H2,1-3H3,(H,28,31)/t17?,18-,19+. The average Bonchev–Trinajstić information content (AvgIpc) is 3.24. The van der Waals surface area contributed by atoms with Crippen LogP contribution >= 0.6 is 22.9 Å². The summed E-state index contributed by atoms with van der Waals surface area (Å²) in [5.74, 6) is 1.30. The number of fused-ring (bicyclic) bond motifs is 3. The van der Waals surface area contributed by atoms with Crippen LogP contribution < -0.4 is 19.5 Å². The summed E-state index contributed by atoms with van der Waals surface area (Å²) in [6.07, 6.45) is 5.38. The molecular weight excluding hydrogens is 486 g/mol. The number of methoxy groups -OCH3 is 3. The summed E-state index contributed by atoms with van der Waals surface area (Å²) in [5, 5.41) is 5.11. The molecule has 0 aliphatic carbocycles. The molecule has 9 heteroatoms. The average molecular weight is 516 g/mol. The summed E-state index contributed by atoms with van der Waals surface area (Å²) >= 11 is 7.89. The number of amides is 1. The number of benzene rings is 2. The fraction of sp³-hybridized carbons (Fsp3) is 0.462. The summed E-state index contributed by atoms with van der Waals surface area (Å²) in [5.41, 5.74) is 1.47. The molecule has 0 radical (unpaired) electrons. The number of hydrogen-bond donors (Lipinski definition) is 1. The van der Waals surface area contributed by atoms with E-state index in [1.165, 1.54) is 11.1 Å². The maximum Gasteiger partial charge on any atom is 0.251 e. The van der Waals surface area contributed by atoms with Gasteiger partial charge in [0.25, 0.3) is 5.91 Å². The number of ether oxygens (including phenoxy) is 3. The second-order valence-corrected chi connectivity index (χ2v) is 10.7. The predicted molar refractivity (Wildman–Crippen MR) is 138 cm³/mol. The number of nitrogens with one attached hydrogen (secondary N) is 1. The van der Waals surface area contributed by atoms with Crippen LogP contribution in [0.3, 0.4) is 0 Å². The Morgan fingerprint density at radius 1 is 1.09 bits per heavy atom. The van der Waals surface area contributed by atoms with E-state index in [1.807, 2.05) is 18.2 Å². The molecule has 2 aliphatic heterocycles. The molecule has 35 heavy (non-hydrogen) atoms. The van der Waals surface area contributed by atoms with Crippen molar-refractivity contribution in [2.45, 2.75) is 56.8 Å². The highest BCUT2D eigenvalue weighted by atomic mass is 35.5. The maximum absolute atomic E-state index is 13.2. The van der Waals surface area contributed by atoms with E-state index in [4.69, 9.17) is 30.8 Å². The van der Waals surface area contributed by atoms with Crippen molar-refractivity contribution in [3.05, 3.63) is 45.9 Å². The van der Waals surface area contributed by atoms with Gasteiger partial charge in [-0.2, -0.15) is 0 Å². The van der Waals surface area contributed by atoms with Crippen molar-refractivity contribution in [3.63, 3.8) is 0 Å². The zero-order chi connectivity index (χ0) is 24.5.